The quantitative estimate of drug-likeness (QED) is 0.655. The smallest absolute Gasteiger partial charge is 0.129 e. The van der Waals surface area contributed by atoms with E-state index in [1.54, 1.807) is 6.20 Å². The SMILES string of the molecule is NCCc1ccnc(Cl)c1. The molecule has 0 aliphatic heterocycles. The van der Waals surface area contributed by atoms with E-state index in [0.29, 0.717) is 11.7 Å². The summed E-state index contributed by atoms with van der Waals surface area (Å²) < 4.78 is 0. The molecule has 10 heavy (non-hydrogen) atoms. The Hall–Kier alpha value is -0.600. The van der Waals surface area contributed by atoms with Crippen LogP contribution in [-0.4, -0.2) is 11.5 Å². The summed E-state index contributed by atoms with van der Waals surface area (Å²) in [6.45, 7) is 0.653. The molecule has 0 aliphatic carbocycles. The third-order valence-electron chi connectivity index (χ3n) is 1.22. The van der Waals surface area contributed by atoms with Crippen LogP contribution >= 0.6 is 11.6 Å². The molecule has 1 aromatic heterocycles. The van der Waals surface area contributed by atoms with Crippen molar-refractivity contribution in [2.24, 2.45) is 5.73 Å². The number of pyridine rings is 1. The van der Waals surface area contributed by atoms with Crippen molar-refractivity contribution in [3.63, 3.8) is 0 Å². The molecule has 2 nitrogen and oxygen atoms in total. The number of nitrogens with zero attached hydrogens (tertiary/aromatic N) is 1. The zero-order chi connectivity index (χ0) is 7.40. The second-order valence-corrected chi connectivity index (χ2v) is 2.41. The number of aromatic nitrogens is 1. The van der Waals surface area contributed by atoms with E-state index in [1.807, 2.05) is 12.1 Å². The third-order valence-corrected chi connectivity index (χ3v) is 1.43. The van der Waals surface area contributed by atoms with Gasteiger partial charge in [-0.25, -0.2) is 4.98 Å². The summed E-state index contributed by atoms with van der Waals surface area (Å²) in [5, 5.41) is 0.533. The van der Waals surface area contributed by atoms with Crippen LogP contribution in [0.3, 0.4) is 0 Å². The predicted octanol–water partition coefficient (Wildman–Crippen LogP) is 1.24. The Kier molecular flexibility index (Phi) is 2.66. The normalized spacial score (nSPS) is 9.80. The van der Waals surface area contributed by atoms with Gasteiger partial charge in [-0.3, -0.25) is 0 Å². The summed E-state index contributed by atoms with van der Waals surface area (Å²) in [4.78, 5) is 3.85. The summed E-state index contributed by atoms with van der Waals surface area (Å²) in [7, 11) is 0. The lowest BCUT2D eigenvalue weighted by molar-refractivity contribution is 0.964. The van der Waals surface area contributed by atoms with Gasteiger partial charge in [0.1, 0.15) is 5.15 Å². The Morgan fingerprint density at radius 3 is 3.00 bits per heavy atom. The molecule has 3 heteroatoms. The van der Waals surface area contributed by atoms with Crippen molar-refractivity contribution in [3.05, 3.63) is 29.0 Å². The van der Waals surface area contributed by atoms with Gasteiger partial charge in [0.15, 0.2) is 0 Å². The van der Waals surface area contributed by atoms with Crippen LogP contribution in [0.5, 0.6) is 0 Å². The highest BCUT2D eigenvalue weighted by Gasteiger charge is 1.91. The molecule has 1 rings (SSSR count). The van der Waals surface area contributed by atoms with Gasteiger partial charge in [0.2, 0.25) is 0 Å². The van der Waals surface area contributed by atoms with E-state index in [4.69, 9.17) is 17.3 Å². The van der Waals surface area contributed by atoms with E-state index >= 15 is 0 Å². The Morgan fingerprint density at radius 1 is 1.60 bits per heavy atom. The van der Waals surface area contributed by atoms with Crippen LogP contribution in [0.15, 0.2) is 18.3 Å². The molecular weight excluding hydrogens is 148 g/mol. The van der Waals surface area contributed by atoms with Gasteiger partial charge in [-0.05, 0) is 30.7 Å². The topological polar surface area (TPSA) is 38.9 Å². The van der Waals surface area contributed by atoms with Crippen LogP contribution in [-0.2, 0) is 6.42 Å². The third kappa shape index (κ3) is 1.97. The maximum Gasteiger partial charge on any atom is 0.129 e. The first-order chi connectivity index (χ1) is 4.83. The summed E-state index contributed by atoms with van der Waals surface area (Å²) in [5.74, 6) is 0. The minimum Gasteiger partial charge on any atom is -0.330 e. The maximum atomic E-state index is 5.63. The van der Waals surface area contributed by atoms with Crippen molar-refractivity contribution >= 4 is 11.6 Å². The number of nitrogens with two attached hydrogens (primary N) is 1. The van der Waals surface area contributed by atoms with Gasteiger partial charge in [0.25, 0.3) is 0 Å². The molecule has 1 aromatic rings. The lowest BCUT2D eigenvalue weighted by Crippen LogP contribution is -2.02. The fraction of sp³-hybridized carbons (Fsp3) is 0.286. The molecule has 0 fully saturated rings. The van der Waals surface area contributed by atoms with Crippen molar-refractivity contribution in [2.45, 2.75) is 6.42 Å². The van der Waals surface area contributed by atoms with Gasteiger partial charge in [0, 0.05) is 6.20 Å². The van der Waals surface area contributed by atoms with E-state index in [9.17, 15) is 0 Å². The fourth-order valence-electron chi connectivity index (χ4n) is 0.765. The molecule has 1 heterocycles. The van der Waals surface area contributed by atoms with Crippen LogP contribution in [0.25, 0.3) is 0 Å². The molecule has 54 valence electrons. The molecular formula is C7H9ClN2. The van der Waals surface area contributed by atoms with Crippen molar-refractivity contribution in [3.8, 4) is 0 Å². The van der Waals surface area contributed by atoms with E-state index < -0.39 is 0 Å². The molecule has 0 atom stereocenters. The van der Waals surface area contributed by atoms with Crippen LogP contribution in [0, 0.1) is 0 Å². The molecule has 0 aliphatic rings. The highest BCUT2D eigenvalue weighted by atomic mass is 35.5. The van der Waals surface area contributed by atoms with E-state index in [-0.39, 0.29) is 0 Å². The second kappa shape index (κ2) is 3.54. The van der Waals surface area contributed by atoms with Crippen LogP contribution in [0.4, 0.5) is 0 Å². The monoisotopic (exact) mass is 156 g/mol. The Labute approximate surface area is 65.0 Å². The highest BCUT2D eigenvalue weighted by molar-refractivity contribution is 6.29. The molecule has 2 N–H and O–H groups in total. The van der Waals surface area contributed by atoms with Crippen molar-refractivity contribution < 1.29 is 0 Å². The Bertz CT molecular complexity index is 213. The minimum atomic E-state index is 0.533. The molecule has 0 bridgehead atoms. The van der Waals surface area contributed by atoms with Gasteiger partial charge < -0.3 is 5.73 Å². The number of hydrogen-bond acceptors (Lipinski definition) is 2. The van der Waals surface area contributed by atoms with Gasteiger partial charge >= 0.3 is 0 Å². The lowest BCUT2D eigenvalue weighted by atomic mass is 10.2. The molecule has 0 amide bonds. The summed E-state index contributed by atoms with van der Waals surface area (Å²) in [5.41, 5.74) is 6.49. The molecule has 0 spiro atoms. The zero-order valence-corrected chi connectivity index (χ0v) is 6.30. The van der Waals surface area contributed by atoms with Crippen molar-refractivity contribution in [1.82, 2.24) is 4.98 Å². The van der Waals surface area contributed by atoms with Crippen LogP contribution in [0.2, 0.25) is 5.15 Å². The summed E-state index contributed by atoms with van der Waals surface area (Å²) in [6, 6.07) is 3.74. The molecule has 0 aromatic carbocycles. The highest BCUT2D eigenvalue weighted by Crippen LogP contribution is 2.06. The molecule has 0 saturated heterocycles. The van der Waals surface area contributed by atoms with E-state index in [2.05, 4.69) is 4.98 Å². The first-order valence-electron chi connectivity index (χ1n) is 3.13. The maximum absolute atomic E-state index is 5.63. The minimum absolute atomic E-state index is 0.533. The van der Waals surface area contributed by atoms with Crippen molar-refractivity contribution in [2.75, 3.05) is 6.54 Å². The summed E-state index contributed by atoms with van der Waals surface area (Å²) >= 11 is 5.63. The number of rotatable bonds is 2. The van der Waals surface area contributed by atoms with E-state index in [1.165, 1.54) is 0 Å². The van der Waals surface area contributed by atoms with E-state index in [0.717, 1.165) is 12.0 Å². The first-order valence-corrected chi connectivity index (χ1v) is 3.51. The van der Waals surface area contributed by atoms with Gasteiger partial charge in [-0.1, -0.05) is 11.6 Å². The predicted molar refractivity (Wildman–Crippen MR) is 42.0 cm³/mol. The zero-order valence-electron chi connectivity index (χ0n) is 5.55. The standard InChI is InChI=1S/C7H9ClN2/c8-7-5-6(1-3-9)2-4-10-7/h2,4-5H,1,3,9H2. The summed E-state index contributed by atoms with van der Waals surface area (Å²) in [6.07, 6.45) is 2.55. The van der Waals surface area contributed by atoms with Crippen molar-refractivity contribution in [1.29, 1.82) is 0 Å². The van der Waals surface area contributed by atoms with Gasteiger partial charge in [-0.15, -0.1) is 0 Å². The Balaban J connectivity index is 2.75. The second-order valence-electron chi connectivity index (χ2n) is 2.03. The molecule has 0 radical (unpaired) electrons. The number of hydrogen-bond donors (Lipinski definition) is 1. The lowest BCUT2D eigenvalue weighted by Gasteiger charge is -1.96. The fourth-order valence-corrected chi connectivity index (χ4v) is 0.961. The Morgan fingerprint density at radius 2 is 2.40 bits per heavy atom. The average molecular weight is 157 g/mol. The first kappa shape index (κ1) is 7.51. The van der Waals surface area contributed by atoms with Crippen LogP contribution < -0.4 is 5.73 Å². The average Bonchev–Trinajstić information content (AvgIpc) is 1.88. The largest absolute Gasteiger partial charge is 0.330 e. The number of halogens is 1. The van der Waals surface area contributed by atoms with Gasteiger partial charge in [0.05, 0.1) is 0 Å². The van der Waals surface area contributed by atoms with Gasteiger partial charge in [-0.2, -0.15) is 0 Å². The molecule has 0 unspecified atom stereocenters. The molecule has 0 saturated carbocycles. The van der Waals surface area contributed by atoms with Crippen LogP contribution in [0.1, 0.15) is 5.56 Å².